The highest BCUT2D eigenvalue weighted by Gasteiger charge is 2.22. The van der Waals surface area contributed by atoms with Crippen LogP contribution in [0.4, 0.5) is 10.1 Å². The van der Waals surface area contributed by atoms with Gasteiger partial charge in [-0.2, -0.15) is 0 Å². The Bertz CT molecular complexity index is 855. The molecule has 2 rings (SSSR count). The number of nitrogens with one attached hydrogen (secondary N) is 1. The lowest BCUT2D eigenvalue weighted by atomic mass is 10.2. The molecular weight excluding hydrogens is 356 g/mol. The molecule has 9 heteroatoms. The second-order valence-electron chi connectivity index (χ2n) is 4.18. The number of hydrogen-bond donors (Lipinski definition) is 2. The number of sulfonamides is 1. The summed E-state index contributed by atoms with van der Waals surface area (Å²) in [5, 5.41) is 9.17. The molecule has 0 fully saturated rings. The molecule has 0 aliphatic heterocycles. The molecule has 0 aliphatic carbocycles. The first-order chi connectivity index (χ1) is 10.2. The molecule has 0 amide bonds. The topological polar surface area (TPSA) is 83.5 Å². The van der Waals surface area contributed by atoms with Crippen LogP contribution in [0, 0.1) is 5.82 Å². The fourth-order valence-electron chi connectivity index (χ4n) is 1.61. The molecule has 2 aromatic carbocycles. The van der Waals surface area contributed by atoms with Gasteiger partial charge in [-0.25, -0.2) is 17.6 Å². The fraction of sp³-hybridized carbons (Fsp3) is 0. The molecule has 0 unspecified atom stereocenters. The molecule has 2 aromatic rings. The Morgan fingerprint density at radius 3 is 2.41 bits per heavy atom. The highest BCUT2D eigenvalue weighted by Crippen LogP contribution is 2.28. The van der Waals surface area contributed by atoms with Gasteiger partial charge in [-0.05, 0) is 36.4 Å². The maximum absolute atomic E-state index is 13.7. The Hall–Kier alpha value is -1.83. The predicted octanol–water partition coefficient (Wildman–Crippen LogP) is 3.63. The van der Waals surface area contributed by atoms with Gasteiger partial charge in [0.05, 0.1) is 16.3 Å². The first-order valence-corrected chi connectivity index (χ1v) is 7.95. The average molecular weight is 364 g/mol. The quantitative estimate of drug-likeness (QED) is 0.868. The van der Waals surface area contributed by atoms with Crippen molar-refractivity contribution in [2.24, 2.45) is 0 Å². The van der Waals surface area contributed by atoms with Crippen molar-refractivity contribution in [2.75, 3.05) is 4.72 Å². The van der Waals surface area contributed by atoms with Gasteiger partial charge in [-0.3, -0.25) is 4.72 Å². The van der Waals surface area contributed by atoms with E-state index < -0.39 is 26.7 Å². The molecule has 2 N–H and O–H groups in total. The van der Waals surface area contributed by atoms with Gasteiger partial charge < -0.3 is 5.11 Å². The van der Waals surface area contributed by atoms with Crippen molar-refractivity contribution in [3.8, 4) is 0 Å². The summed E-state index contributed by atoms with van der Waals surface area (Å²) in [6, 6.07) is 6.47. The number of benzene rings is 2. The number of anilines is 1. The molecule has 0 spiro atoms. The van der Waals surface area contributed by atoms with Gasteiger partial charge in [0.25, 0.3) is 10.0 Å². The summed E-state index contributed by atoms with van der Waals surface area (Å²) in [7, 11) is -4.35. The lowest BCUT2D eigenvalue weighted by molar-refractivity contribution is 0.0696. The SMILES string of the molecule is O=C(O)c1ccc(F)c(S(=O)(=O)Nc2ccc(Cl)cc2Cl)c1. The van der Waals surface area contributed by atoms with Gasteiger partial charge in [-0.15, -0.1) is 0 Å². The first-order valence-electron chi connectivity index (χ1n) is 5.71. The van der Waals surface area contributed by atoms with Gasteiger partial charge in [0, 0.05) is 5.02 Å². The molecule has 0 radical (unpaired) electrons. The van der Waals surface area contributed by atoms with Crippen LogP contribution < -0.4 is 4.72 Å². The lowest BCUT2D eigenvalue weighted by Crippen LogP contribution is -2.15. The van der Waals surface area contributed by atoms with Crippen LogP contribution in [-0.2, 0) is 10.0 Å². The van der Waals surface area contributed by atoms with E-state index >= 15 is 0 Å². The largest absolute Gasteiger partial charge is 0.478 e. The molecule has 0 aromatic heterocycles. The number of rotatable bonds is 4. The highest BCUT2D eigenvalue weighted by atomic mass is 35.5. The van der Waals surface area contributed by atoms with E-state index in [9.17, 15) is 17.6 Å². The van der Waals surface area contributed by atoms with Crippen LogP contribution in [0.25, 0.3) is 0 Å². The van der Waals surface area contributed by atoms with Gasteiger partial charge in [0.1, 0.15) is 10.7 Å². The molecule has 22 heavy (non-hydrogen) atoms. The Labute approximate surface area is 135 Å². The molecular formula is C13H8Cl2FNO4S. The van der Waals surface area contributed by atoms with E-state index in [1.54, 1.807) is 0 Å². The van der Waals surface area contributed by atoms with Crippen molar-refractivity contribution < 1.29 is 22.7 Å². The van der Waals surface area contributed by atoms with Gasteiger partial charge >= 0.3 is 5.97 Å². The zero-order valence-electron chi connectivity index (χ0n) is 10.7. The molecule has 0 atom stereocenters. The van der Waals surface area contributed by atoms with Crippen LogP contribution in [0.5, 0.6) is 0 Å². The summed E-state index contributed by atoms with van der Waals surface area (Å²) in [5.74, 6) is -2.46. The van der Waals surface area contributed by atoms with Crippen LogP contribution in [0.15, 0.2) is 41.3 Å². The average Bonchev–Trinajstić information content (AvgIpc) is 2.42. The Balaban J connectivity index is 2.46. The summed E-state index contributed by atoms with van der Waals surface area (Å²) in [5.41, 5.74) is -0.366. The van der Waals surface area contributed by atoms with E-state index in [2.05, 4.69) is 4.72 Å². The van der Waals surface area contributed by atoms with Crippen molar-refractivity contribution in [1.29, 1.82) is 0 Å². The third-order valence-corrected chi connectivity index (χ3v) is 4.57. The van der Waals surface area contributed by atoms with Crippen LogP contribution in [0.2, 0.25) is 10.0 Å². The van der Waals surface area contributed by atoms with E-state index in [-0.39, 0.29) is 16.3 Å². The molecule has 0 saturated carbocycles. The van der Waals surface area contributed by atoms with Crippen LogP contribution in [0.3, 0.4) is 0 Å². The number of carboxylic acids is 1. The summed E-state index contributed by atoms with van der Waals surface area (Å²) in [6.45, 7) is 0. The highest BCUT2D eigenvalue weighted by molar-refractivity contribution is 7.92. The third-order valence-electron chi connectivity index (χ3n) is 2.64. The van der Waals surface area contributed by atoms with E-state index in [4.69, 9.17) is 28.3 Å². The molecule has 0 bridgehead atoms. The molecule has 116 valence electrons. The van der Waals surface area contributed by atoms with Crippen LogP contribution >= 0.6 is 23.2 Å². The normalized spacial score (nSPS) is 11.2. The van der Waals surface area contributed by atoms with E-state index in [1.165, 1.54) is 18.2 Å². The van der Waals surface area contributed by atoms with E-state index in [1.807, 2.05) is 0 Å². The minimum absolute atomic E-state index is 0.00815. The Morgan fingerprint density at radius 1 is 1.14 bits per heavy atom. The monoisotopic (exact) mass is 363 g/mol. The van der Waals surface area contributed by atoms with Crippen molar-refractivity contribution in [3.05, 3.63) is 57.8 Å². The third kappa shape index (κ3) is 3.49. The summed E-state index contributed by atoms with van der Waals surface area (Å²) in [6.07, 6.45) is 0. The number of carbonyl (C=O) groups is 1. The van der Waals surface area contributed by atoms with Crippen LogP contribution in [0.1, 0.15) is 10.4 Å². The number of halogens is 3. The molecule has 0 aliphatic rings. The fourth-order valence-corrected chi connectivity index (χ4v) is 3.31. The standard InChI is InChI=1S/C13H8Cl2FNO4S/c14-8-2-4-11(9(15)6-8)17-22(20,21)12-5-7(13(18)19)1-3-10(12)16/h1-6,17H,(H,18,19). The summed E-state index contributed by atoms with van der Waals surface area (Å²) < 4.78 is 40.2. The second kappa shape index (κ2) is 6.12. The van der Waals surface area contributed by atoms with E-state index in [0.29, 0.717) is 5.02 Å². The Morgan fingerprint density at radius 2 is 1.82 bits per heavy atom. The number of aromatic carboxylic acids is 1. The van der Waals surface area contributed by atoms with Crippen molar-refractivity contribution >= 4 is 44.9 Å². The van der Waals surface area contributed by atoms with Gasteiger partial charge in [0.2, 0.25) is 0 Å². The predicted molar refractivity (Wildman–Crippen MR) is 80.6 cm³/mol. The van der Waals surface area contributed by atoms with E-state index in [0.717, 1.165) is 18.2 Å². The van der Waals surface area contributed by atoms with Gasteiger partial charge in [-0.1, -0.05) is 23.2 Å². The molecule has 5 nitrogen and oxygen atoms in total. The minimum Gasteiger partial charge on any atom is -0.478 e. The zero-order chi connectivity index (χ0) is 16.5. The lowest BCUT2D eigenvalue weighted by Gasteiger charge is -2.11. The zero-order valence-corrected chi connectivity index (χ0v) is 13.0. The molecule has 0 heterocycles. The van der Waals surface area contributed by atoms with Crippen molar-refractivity contribution in [2.45, 2.75) is 4.90 Å². The number of carboxylic acid groups (broad SMARTS) is 1. The summed E-state index contributed by atoms with van der Waals surface area (Å²) in [4.78, 5) is 10.1. The molecule has 0 saturated heterocycles. The van der Waals surface area contributed by atoms with Crippen molar-refractivity contribution in [3.63, 3.8) is 0 Å². The van der Waals surface area contributed by atoms with Gasteiger partial charge in [0.15, 0.2) is 0 Å². The summed E-state index contributed by atoms with van der Waals surface area (Å²) >= 11 is 11.5. The smallest absolute Gasteiger partial charge is 0.335 e. The Kier molecular flexibility index (Phi) is 4.60. The van der Waals surface area contributed by atoms with Crippen molar-refractivity contribution in [1.82, 2.24) is 0 Å². The number of hydrogen-bond acceptors (Lipinski definition) is 3. The maximum atomic E-state index is 13.7. The minimum atomic E-state index is -4.35. The maximum Gasteiger partial charge on any atom is 0.335 e. The first kappa shape index (κ1) is 16.5. The van der Waals surface area contributed by atoms with Crippen LogP contribution in [-0.4, -0.2) is 19.5 Å². The second-order valence-corrected chi connectivity index (χ2v) is 6.67.